The summed E-state index contributed by atoms with van der Waals surface area (Å²) in [5.41, 5.74) is 1.06. The van der Waals surface area contributed by atoms with Crippen molar-refractivity contribution in [3.8, 4) is 6.07 Å². The molecule has 0 bridgehead atoms. The van der Waals surface area contributed by atoms with Gasteiger partial charge in [0.2, 0.25) is 11.8 Å². The summed E-state index contributed by atoms with van der Waals surface area (Å²) in [5.74, 6) is 0.456. The van der Waals surface area contributed by atoms with Gasteiger partial charge in [-0.1, -0.05) is 44.9 Å². The van der Waals surface area contributed by atoms with Crippen LogP contribution in [0.15, 0.2) is 24.3 Å². The number of likely N-dealkylation sites (tertiary alicyclic amines) is 1. The first kappa shape index (κ1) is 21.3. The lowest BCUT2D eigenvalue weighted by molar-refractivity contribution is -0.140. The van der Waals surface area contributed by atoms with Crippen molar-refractivity contribution in [3.05, 3.63) is 35.4 Å². The molecule has 0 radical (unpaired) electrons. The van der Waals surface area contributed by atoms with Crippen molar-refractivity contribution in [3.63, 3.8) is 0 Å². The normalized spacial score (nSPS) is 18.5. The summed E-state index contributed by atoms with van der Waals surface area (Å²) in [6.07, 6.45) is 5.39. The SMILES string of the molecule is CCCC(CCC)C(=O)N1CCC2(CC1)NCC(=O)N2Cc1ccccc1C#N. The maximum Gasteiger partial charge on any atom is 0.238 e. The molecular formula is C23H32N4O2. The van der Waals surface area contributed by atoms with E-state index >= 15 is 0 Å². The molecule has 1 spiro atoms. The van der Waals surface area contributed by atoms with E-state index in [9.17, 15) is 14.9 Å². The van der Waals surface area contributed by atoms with Gasteiger partial charge in [0.15, 0.2) is 0 Å². The molecular weight excluding hydrogens is 364 g/mol. The van der Waals surface area contributed by atoms with Gasteiger partial charge in [-0.2, -0.15) is 5.26 Å². The summed E-state index contributed by atoms with van der Waals surface area (Å²) in [5, 5.41) is 12.8. The van der Waals surface area contributed by atoms with Crippen molar-refractivity contribution in [1.29, 1.82) is 5.26 Å². The van der Waals surface area contributed by atoms with Gasteiger partial charge in [0.1, 0.15) is 0 Å². The molecule has 0 aliphatic carbocycles. The summed E-state index contributed by atoms with van der Waals surface area (Å²) in [6, 6.07) is 9.67. The second-order valence-electron chi connectivity index (χ2n) is 8.23. The Morgan fingerprint density at radius 1 is 1.21 bits per heavy atom. The van der Waals surface area contributed by atoms with E-state index in [1.807, 2.05) is 28.0 Å². The van der Waals surface area contributed by atoms with Crippen molar-refractivity contribution in [1.82, 2.24) is 15.1 Å². The van der Waals surface area contributed by atoms with Gasteiger partial charge in [-0.05, 0) is 24.5 Å². The van der Waals surface area contributed by atoms with Gasteiger partial charge in [-0.25, -0.2) is 0 Å². The van der Waals surface area contributed by atoms with Crippen molar-refractivity contribution in [2.24, 2.45) is 5.92 Å². The summed E-state index contributed by atoms with van der Waals surface area (Å²) in [7, 11) is 0. The smallest absolute Gasteiger partial charge is 0.238 e. The summed E-state index contributed by atoms with van der Waals surface area (Å²) < 4.78 is 0. The molecule has 1 aromatic rings. The van der Waals surface area contributed by atoms with Gasteiger partial charge in [-0.3, -0.25) is 14.9 Å². The number of amides is 2. The van der Waals surface area contributed by atoms with Gasteiger partial charge in [0, 0.05) is 38.4 Å². The van der Waals surface area contributed by atoms with E-state index in [2.05, 4.69) is 25.2 Å². The standard InChI is InChI=1S/C23H32N4O2/c1-3-7-18(8-4-2)22(29)26-13-11-23(12-14-26)25-16-21(28)27(23)17-20-10-6-5-9-19(20)15-24/h5-6,9-10,18,25H,3-4,7-8,11-14,16-17H2,1-2H3. The van der Waals surface area contributed by atoms with E-state index in [-0.39, 0.29) is 17.7 Å². The molecule has 3 rings (SSSR count). The fourth-order valence-electron chi connectivity index (χ4n) is 4.74. The van der Waals surface area contributed by atoms with E-state index in [0.29, 0.717) is 31.7 Å². The average molecular weight is 397 g/mol. The highest BCUT2D eigenvalue weighted by molar-refractivity contribution is 5.82. The van der Waals surface area contributed by atoms with Crippen LogP contribution in [0.5, 0.6) is 0 Å². The first-order valence-corrected chi connectivity index (χ1v) is 10.9. The van der Waals surface area contributed by atoms with Crippen LogP contribution >= 0.6 is 0 Å². The lowest BCUT2D eigenvalue weighted by atomic mass is 9.92. The number of nitriles is 1. The predicted octanol–water partition coefficient (Wildman–Crippen LogP) is 3.03. The Labute approximate surface area is 173 Å². The van der Waals surface area contributed by atoms with E-state index < -0.39 is 5.66 Å². The van der Waals surface area contributed by atoms with Crippen LogP contribution in [0.2, 0.25) is 0 Å². The molecule has 0 aromatic heterocycles. The van der Waals surface area contributed by atoms with Crippen LogP contribution in [0.3, 0.4) is 0 Å². The number of nitrogens with one attached hydrogen (secondary N) is 1. The number of carbonyl (C=O) groups is 2. The van der Waals surface area contributed by atoms with E-state index in [4.69, 9.17) is 0 Å². The number of rotatable bonds is 7. The fraction of sp³-hybridized carbons (Fsp3) is 0.609. The zero-order valence-electron chi connectivity index (χ0n) is 17.6. The molecule has 2 saturated heterocycles. The molecule has 2 fully saturated rings. The van der Waals surface area contributed by atoms with Crippen LogP contribution < -0.4 is 5.32 Å². The number of nitrogens with zero attached hydrogens (tertiary/aromatic N) is 3. The molecule has 0 unspecified atom stereocenters. The first-order chi connectivity index (χ1) is 14.0. The van der Waals surface area contributed by atoms with E-state index in [1.54, 1.807) is 6.07 Å². The molecule has 2 heterocycles. The maximum atomic E-state index is 13.0. The second kappa shape index (κ2) is 9.41. The van der Waals surface area contributed by atoms with Crippen LogP contribution in [0.25, 0.3) is 0 Å². The van der Waals surface area contributed by atoms with Gasteiger partial charge in [0.05, 0.1) is 23.8 Å². The number of hydrogen-bond acceptors (Lipinski definition) is 4. The van der Waals surface area contributed by atoms with Crippen LogP contribution in [-0.4, -0.2) is 46.9 Å². The van der Waals surface area contributed by atoms with Crippen molar-refractivity contribution in [2.75, 3.05) is 19.6 Å². The van der Waals surface area contributed by atoms with E-state index in [1.165, 1.54) is 0 Å². The Kier molecular flexibility index (Phi) is 6.92. The molecule has 29 heavy (non-hydrogen) atoms. The van der Waals surface area contributed by atoms with Crippen LogP contribution in [-0.2, 0) is 16.1 Å². The Morgan fingerprint density at radius 2 is 1.86 bits per heavy atom. The van der Waals surface area contributed by atoms with Crippen LogP contribution in [0, 0.1) is 17.2 Å². The lowest BCUT2D eigenvalue weighted by Crippen LogP contribution is -2.59. The molecule has 2 aliphatic heterocycles. The lowest BCUT2D eigenvalue weighted by Gasteiger charge is -2.45. The largest absolute Gasteiger partial charge is 0.342 e. The van der Waals surface area contributed by atoms with Crippen molar-refractivity contribution >= 4 is 11.8 Å². The Morgan fingerprint density at radius 3 is 2.48 bits per heavy atom. The molecule has 2 amide bonds. The van der Waals surface area contributed by atoms with Crippen LogP contribution in [0.1, 0.15) is 63.5 Å². The van der Waals surface area contributed by atoms with Crippen molar-refractivity contribution in [2.45, 2.75) is 64.6 Å². The highest BCUT2D eigenvalue weighted by Crippen LogP contribution is 2.33. The second-order valence-corrected chi connectivity index (χ2v) is 8.23. The maximum absolute atomic E-state index is 13.0. The average Bonchev–Trinajstić information content (AvgIpc) is 3.04. The number of piperidine rings is 1. The number of hydrogen-bond donors (Lipinski definition) is 1. The zero-order chi connectivity index (χ0) is 20.9. The monoisotopic (exact) mass is 396 g/mol. The fourth-order valence-corrected chi connectivity index (χ4v) is 4.74. The molecule has 156 valence electrons. The zero-order valence-corrected chi connectivity index (χ0v) is 17.6. The summed E-state index contributed by atoms with van der Waals surface area (Å²) in [4.78, 5) is 29.5. The topological polar surface area (TPSA) is 76.4 Å². The highest BCUT2D eigenvalue weighted by atomic mass is 16.2. The molecule has 1 aromatic carbocycles. The third-order valence-corrected chi connectivity index (χ3v) is 6.38. The Balaban J connectivity index is 1.70. The van der Waals surface area contributed by atoms with Crippen LogP contribution in [0.4, 0.5) is 0 Å². The minimum absolute atomic E-state index is 0.0624. The molecule has 6 heteroatoms. The minimum Gasteiger partial charge on any atom is -0.342 e. The Bertz CT molecular complexity index is 771. The van der Waals surface area contributed by atoms with Gasteiger partial charge >= 0.3 is 0 Å². The third-order valence-electron chi connectivity index (χ3n) is 6.38. The molecule has 6 nitrogen and oxygen atoms in total. The summed E-state index contributed by atoms with van der Waals surface area (Å²) >= 11 is 0. The molecule has 2 aliphatic rings. The first-order valence-electron chi connectivity index (χ1n) is 10.9. The van der Waals surface area contributed by atoms with Crippen molar-refractivity contribution < 1.29 is 9.59 Å². The third kappa shape index (κ3) is 4.45. The van der Waals surface area contributed by atoms with Gasteiger partial charge < -0.3 is 9.80 Å². The summed E-state index contributed by atoms with van der Waals surface area (Å²) in [6.45, 7) is 6.34. The number of benzene rings is 1. The van der Waals surface area contributed by atoms with E-state index in [0.717, 1.165) is 44.1 Å². The van der Waals surface area contributed by atoms with Gasteiger partial charge in [0.25, 0.3) is 0 Å². The number of carbonyl (C=O) groups excluding carboxylic acids is 2. The molecule has 0 saturated carbocycles. The molecule has 0 atom stereocenters. The molecule has 1 N–H and O–H groups in total. The minimum atomic E-state index is -0.415. The Hall–Kier alpha value is -2.39. The predicted molar refractivity (Wildman–Crippen MR) is 112 cm³/mol. The highest BCUT2D eigenvalue weighted by Gasteiger charge is 2.47. The quantitative estimate of drug-likeness (QED) is 0.769. The van der Waals surface area contributed by atoms with Gasteiger partial charge in [-0.15, -0.1) is 0 Å².